The van der Waals surface area contributed by atoms with Crippen molar-refractivity contribution in [2.45, 2.75) is 6.54 Å². The Morgan fingerprint density at radius 1 is 1.26 bits per heavy atom. The van der Waals surface area contributed by atoms with Gasteiger partial charge in [0.2, 0.25) is 0 Å². The monoisotopic (exact) mass is 358 g/mol. The maximum absolute atomic E-state index is 11.9. The fraction of sp³-hybridized carbons (Fsp3) is 0.562. The number of likely N-dealkylation sites (tertiary alicyclic amines) is 2. The van der Waals surface area contributed by atoms with Crippen molar-refractivity contribution in [3.63, 3.8) is 0 Å². The number of β-amino-alcohol motifs (C(OH)–C–C–N with tert-alkyl or cyclic N) is 1. The van der Waals surface area contributed by atoms with Crippen molar-refractivity contribution < 1.29 is 15.0 Å². The van der Waals surface area contributed by atoms with Gasteiger partial charge in [0.05, 0.1) is 12.0 Å². The highest BCUT2D eigenvalue weighted by atomic mass is 35.5. The number of carbonyl (C=O) groups is 1. The van der Waals surface area contributed by atoms with Crippen LogP contribution in [0.3, 0.4) is 0 Å². The molecule has 23 heavy (non-hydrogen) atoms. The van der Waals surface area contributed by atoms with Crippen molar-refractivity contribution in [2.24, 2.45) is 11.3 Å². The lowest BCUT2D eigenvalue weighted by molar-refractivity contribution is -0.149. The van der Waals surface area contributed by atoms with Gasteiger partial charge in [-0.2, -0.15) is 0 Å². The highest BCUT2D eigenvalue weighted by Crippen LogP contribution is 2.43. The topological polar surface area (TPSA) is 64.0 Å². The average molecular weight is 359 g/mol. The van der Waals surface area contributed by atoms with Gasteiger partial charge in [-0.1, -0.05) is 29.3 Å². The van der Waals surface area contributed by atoms with E-state index in [-0.39, 0.29) is 12.5 Å². The Balaban J connectivity index is 1.73. The number of hydrogen-bond acceptors (Lipinski definition) is 4. The summed E-state index contributed by atoms with van der Waals surface area (Å²) >= 11 is 12.1. The fourth-order valence-corrected chi connectivity index (χ4v) is 4.37. The van der Waals surface area contributed by atoms with Crippen molar-refractivity contribution in [3.05, 3.63) is 33.8 Å². The minimum Gasteiger partial charge on any atom is -0.481 e. The number of aliphatic hydroxyl groups excluding tert-OH is 1. The van der Waals surface area contributed by atoms with Crippen LogP contribution in [0.2, 0.25) is 10.0 Å². The zero-order chi connectivity index (χ0) is 16.6. The highest BCUT2D eigenvalue weighted by molar-refractivity contribution is 6.35. The summed E-state index contributed by atoms with van der Waals surface area (Å²) in [7, 11) is 0. The van der Waals surface area contributed by atoms with E-state index in [9.17, 15) is 9.90 Å². The summed E-state index contributed by atoms with van der Waals surface area (Å²) in [5, 5.41) is 20.1. The van der Waals surface area contributed by atoms with Crippen LogP contribution in [0.15, 0.2) is 18.2 Å². The van der Waals surface area contributed by atoms with Gasteiger partial charge in [-0.15, -0.1) is 0 Å². The fourth-order valence-electron chi connectivity index (χ4n) is 3.90. The Hall–Kier alpha value is -0.850. The molecule has 0 aliphatic carbocycles. The Morgan fingerprint density at radius 3 is 2.57 bits per heavy atom. The van der Waals surface area contributed by atoms with Gasteiger partial charge in [-0.05, 0) is 17.7 Å². The molecule has 2 fully saturated rings. The van der Waals surface area contributed by atoms with E-state index < -0.39 is 11.4 Å². The lowest BCUT2D eigenvalue weighted by Crippen LogP contribution is -2.41. The molecule has 2 N–H and O–H groups in total. The number of fused-ring (bicyclic) bond motifs is 1. The molecule has 2 aliphatic rings. The Kier molecular flexibility index (Phi) is 4.85. The summed E-state index contributed by atoms with van der Waals surface area (Å²) in [5.41, 5.74) is 0.220. The molecular weight excluding hydrogens is 339 g/mol. The first-order valence-corrected chi connectivity index (χ1v) is 8.43. The molecule has 3 rings (SSSR count). The number of rotatable bonds is 5. The average Bonchev–Trinajstić information content (AvgIpc) is 2.97. The molecule has 2 atom stereocenters. The van der Waals surface area contributed by atoms with E-state index in [4.69, 9.17) is 28.3 Å². The summed E-state index contributed by atoms with van der Waals surface area (Å²) in [6.07, 6.45) is 0. The normalized spacial score (nSPS) is 28.2. The Labute approximate surface area is 145 Å². The van der Waals surface area contributed by atoms with Crippen LogP contribution in [0.4, 0.5) is 0 Å². The maximum atomic E-state index is 11.9. The summed E-state index contributed by atoms with van der Waals surface area (Å²) in [5.74, 6) is -0.662. The van der Waals surface area contributed by atoms with Crippen LogP contribution in [0, 0.1) is 11.3 Å². The smallest absolute Gasteiger partial charge is 0.312 e. The minimum atomic E-state index is -0.743. The Morgan fingerprint density at radius 2 is 1.96 bits per heavy atom. The van der Waals surface area contributed by atoms with Crippen molar-refractivity contribution in [1.82, 2.24) is 9.80 Å². The molecule has 5 nitrogen and oxygen atoms in total. The second-order valence-corrected chi connectivity index (χ2v) is 7.37. The van der Waals surface area contributed by atoms with E-state index in [1.165, 1.54) is 0 Å². The number of aliphatic carboxylic acids is 1. The van der Waals surface area contributed by atoms with E-state index in [2.05, 4.69) is 4.90 Å². The molecule has 126 valence electrons. The standard InChI is InChI=1S/C16H20Cl2N2O3/c17-13-2-1-11(14(18)5-13)6-20-8-12-7-19(3-4-21)9-16(12,10-20)15(22)23/h1-2,5,12,21H,3-4,6-10H2,(H,22,23)/t12-,16-/m1/s1. The molecule has 0 bridgehead atoms. The molecule has 7 heteroatoms. The molecular formula is C16H20Cl2N2O3. The predicted octanol–water partition coefficient (Wildman–Crippen LogP) is 1.80. The third-order valence-corrected chi connectivity index (χ3v) is 5.59. The number of benzene rings is 1. The number of halogens is 2. The van der Waals surface area contributed by atoms with Gasteiger partial charge in [-0.3, -0.25) is 14.6 Å². The van der Waals surface area contributed by atoms with Gasteiger partial charge in [0.25, 0.3) is 0 Å². The molecule has 0 amide bonds. The molecule has 1 aromatic carbocycles. The van der Waals surface area contributed by atoms with Crippen LogP contribution >= 0.6 is 23.2 Å². The highest BCUT2D eigenvalue weighted by Gasteiger charge is 2.57. The largest absolute Gasteiger partial charge is 0.481 e. The van der Waals surface area contributed by atoms with Gasteiger partial charge in [0.1, 0.15) is 0 Å². The molecule has 0 radical (unpaired) electrons. The van der Waals surface area contributed by atoms with E-state index in [0.29, 0.717) is 36.2 Å². The van der Waals surface area contributed by atoms with E-state index in [1.54, 1.807) is 12.1 Å². The van der Waals surface area contributed by atoms with Gasteiger partial charge in [0.15, 0.2) is 0 Å². The lowest BCUT2D eigenvalue weighted by atomic mass is 9.81. The first kappa shape index (κ1) is 17.0. The van der Waals surface area contributed by atoms with Crippen molar-refractivity contribution in [2.75, 3.05) is 39.3 Å². The molecule has 2 heterocycles. The van der Waals surface area contributed by atoms with E-state index >= 15 is 0 Å². The Bertz CT molecular complexity index is 613. The lowest BCUT2D eigenvalue weighted by Gasteiger charge is -2.25. The molecule has 0 saturated carbocycles. The number of carboxylic acids is 1. The minimum absolute atomic E-state index is 0.0620. The zero-order valence-electron chi connectivity index (χ0n) is 12.7. The summed E-state index contributed by atoms with van der Waals surface area (Å²) in [6.45, 7) is 3.68. The van der Waals surface area contributed by atoms with Crippen LogP contribution in [-0.2, 0) is 11.3 Å². The van der Waals surface area contributed by atoms with Gasteiger partial charge in [0, 0.05) is 55.2 Å². The summed E-state index contributed by atoms with van der Waals surface area (Å²) < 4.78 is 0. The molecule has 1 aromatic rings. The molecule has 2 aliphatic heterocycles. The summed E-state index contributed by atoms with van der Waals surface area (Å²) in [6, 6.07) is 5.41. The van der Waals surface area contributed by atoms with Crippen LogP contribution < -0.4 is 0 Å². The van der Waals surface area contributed by atoms with Crippen molar-refractivity contribution >= 4 is 29.2 Å². The second-order valence-electron chi connectivity index (χ2n) is 6.52. The maximum Gasteiger partial charge on any atom is 0.312 e. The van der Waals surface area contributed by atoms with E-state index in [0.717, 1.165) is 18.7 Å². The second kappa shape index (κ2) is 6.57. The molecule has 0 spiro atoms. The van der Waals surface area contributed by atoms with Crippen molar-refractivity contribution in [1.29, 1.82) is 0 Å². The third kappa shape index (κ3) is 3.21. The van der Waals surface area contributed by atoms with Crippen LogP contribution in [0.1, 0.15) is 5.56 Å². The van der Waals surface area contributed by atoms with Crippen LogP contribution in [0.5, 0.6) is 0 Å². The van der Waals surface area contributed by atoms with E-state index in [1.807, 2.05) is 11.0 Å². The van der Waals surface area contributed by atoms with Gasteiger partial charge < -0.3 is 10.2 Å². The molecule has 2 saturated heterocycles. The number of hydrogen-bond donors (Lipinski definition) is 2. The first-order valence-electron chi connectivity index (χ1n) is 7.67. The third-order valence-electron chi connectivity index (χ3n) is 5.00. The first-order chi connectivity index (χ1) is 10.9. The quantitative estimate of drug-likeness (QED) is 0.840. The van der Waals surface area contributed by atoms with Crippen molar-refractivity contribution in [3.8, 4) is 0 Å². The summed E-state index contributed by atoms with van der Waals surface area (Å²) in [4.78, 5) is 16.1. The SMILES string of the molecule is O=C(O)[C@@]12CN(CCO)C[C@@H]1CN(Cc1ccc(Cl)cc1Cl)C2. The predicted molar refractivity (Wildman–Crippen MR) is 88.8 cm³/mol. The van der Waals surface area contributed by atoms with Crippen LogP contribution in [-0.4, -0.2) is 65.3 Å². The zero-order valence-corrected chi connectivity index (χ0v) is 14.2. The van der Waals surface area contributed by atoms with Gasteiger partial charge >= 0.3 is 5.97 Å². The molecule has 0 aromatic heterocycles. The molecule has 0 unspecified atom stereocenters. The number of nitrogens with zero attached hydrogens (tertiary/aromatic N) is 2. The number of aliphatic hydroxyl groups is 1. The number of carboxylic acid groups (broad SMARTS) is 1. The van der Waals surface area contributed by atoms with Crippen LogP contribution in [0.25, 0.3) is 0 Å². The van der Waals surface area contributed by atoms with Gasteiger partial charge in [-0.25, -0.2) is 0 Å².